The van der Waals surface area contributed by atoms with E-state index in [4.69, 9.17) is 10.5 Å². The second kappa shape index (κ2) is 3.61. The number of ether oxygens (including phenoxy) is 1. The lowest BCUT2D eigenvalue weighted by atomic mass is 9.96. The summed E-state index contributed by atoms with van der Waals surface area (Å²) in [6, 6.07) is 0. The zero-order chi connectivity index (χ0) is 10.9. The first-order valence-electron chi connectivity index (χ1n) is 4.70. The number of hydrogen-bond acceptors (Lipinski definition) is 3. The first kappa shape index (κ1) is 11.0. The first-order valence-corrected chi connectivity index (χ1v) is 4.70. The predicted molar refractivity (Wildman–Crippen MR) is 56.5 cm³/mol. The van der Waals surface area contributed by atoms with E-state index in [0.29, 0.717) is 0 Å². The van der Waals surface area contributed by atoms with Crippen LogP contribution in [0.15, 0.2) is 0 Å². The Morgan fingerprint density at radius 2 is 2.07 bits per heavy atom. The van der Waals surface area contributed by atoms with Crippen molar-refractivity contribution in [3.8, 4) is 5.88 Å². The maximum atomic E-state index is 5.98. The second-order valence-corrected chi connectivity index (χ2v) is 4.36. The van der Waals surface area contributed by atoms with Gasteiger partial charge in [0.05, 0.1) is 12.8 Å². The number of methoxy groups -OCH3 is 1. The summed E-state index contributed by atoms with van der Waals surface area (Å²) in [6.07, 6.45) is 0.774. The Hall–Kier alpha value is -1.03. The molecule has 1 aromatic heterocycles. The molecule has 4 heteroatoms. The minimum absolute atomic E-state index is 0.235. The van der Waals surface area contributed by atoms with Gasteiger partial charge in [-0.2, -0.15) is 5.10 Å². The summed E-state index contributed by atoms with van der Waals surface area (Å²) < 4.78 is 7.03. The molecule has 0 aromatic carbocycles. The Kier molecular flexibility index (Phi) is 2.85. The fraction of sp³-hybridized carbons (Fsp3) is 0.700. The molecule has 0 saturated carbocycles. The predicted octanol–water partition coefficient (Wildman–Crippen LogP) is 1.02. The highest BCUT2D eigenvalue weighted by Gasteiger charge is 2.20. The maximum absolute atomic E-state index is 5.98. The SMILES string of the molecule is COc1c(CC(C)(C)N)c(C)nn1C. The summed E-state index contributed by atoms with van der Waals surface area (Å²) in [7, 11) is 3.53. The molecule has 0 aliphatic rings. The van der Waals surface area contributed by atoms with Crippen LogP contribution < -0.4 is 10.5 Å². The molecule has 0 bridgehead atoms. The quantitative estimate of drug-likeness (QED) is 0.787. The monoisotopic (exact) mass is 197 g/mol. The second-order valence-electron chi connectivity index (χ2n) is 4.36. The van der Waals surface area contributed by atoms with Gasteiger partial charge in [0, 0.05) is 18.2 Å². The van der Waals surface area contributed by atoms with Gasteiger partial charge < -0.3 is 10.5 Å². The van der Waals surface area contributed by atoms with Crippen LogP contribution in [0, 0.1) is 6.92 Å². The molecule has 0 aliphatic carbocycles. The summed E-state index contributed by atoms with van der Waals surface area (Å²) >= 11 is 0. The van der Waals surface area contributed by atoms with E-state index >= 15 is 0 Å². The molecule has 0 amide bonds. The number of hydrogen-bond donors (Lipinski definition) is 1. The van der Waals surface area contributed by atoms with Gasteiger partial charge in [-0.05, 0) is 27.2 Å². The minimum Gasteiger partial charge on any atom is -0.481 e. The molecule has 1 aromatic rings. The van der Waals surface area contributed by atoms with Gasteiger partial charge in [0.1, 0.15) is 0 Å². The molecule has 0 spiro atoms. The van der Waals surface area contributed by atoms with Crippen LogP contribution in [0.3, 0.4) is 0 Å². The van der Waals surface area contributed by atoms with Crippen molar-refractivity contribution in [3.63, 3.8) is 0 Å². The summed E-state index contributed by atoms with van der Waals surface area (Å²) in [5.41, 5.74) is 7.83. The molecule has 0 unspecified atom stereocenters. The smallest absolute Gasteiger partial charge is 0.214 e. The molecular formula is C10H19N3O. The van der Waals surface area contributed by atoms with Gasteiger partial charge in [0.15, 0.2) is 0 Å². The Morgan fingerprint density at radius 1 is 1.50 bits per heavy atom. The average molecular weight is 197 g/mol. The Morgan fingerprint density at radius 3 is 2.50 bits per heavy atom. The van der Waals surface area contributed by atoms with Gasteiger partial charge >= 0.3 is 0 Å². The van der Waals surface area contributed by atoms with Crippen LogP contribution in [0.5, 0.6) is 5.88 Å². The highest BCUT2D eigenvalue weighted by atomic mass is 16.5. The highest BCUT2D eigenvalue weighted by molar-refractivity contribution is 5.32. The molecular weight excluding hydrogens is 178 g/mol. The van der Waals surface area contributed by atoms with Crippen LogP contribution in [0.25, 0.3) is 0 Å². The molecule has 1 heterocycles. The third-order valence-corrected chi connectivity index (χ3v) is 2.11. The Labute approximate surface area is 85.0 Å². The molecule has 2 N–H and O–H groups in total. The number of nitrogens with zero attached hydrogens (tertiary/aromatic N) is 2. The third kappa shape index (κ3) is 2.26. The molecule has 0 atom stereocenters. The van der Waals surface area contributed by atoms with E-state index in [2.05, 4.69) is 5.10 Å². The van der Waals surface area contributed by atoms with Gasteiger partial charge in [-0.15, -0.1) is 0 Å². The lowest BCUT2D eigenvalue weighted by Gasteiger charge is -2.18. The van der Waals surface area contributed by atoms with E-state index in [1.54, 1.807) is 11.8 Å². The van der Waals surface area contributed by atoms with E-state index in [0.717, 1.165) is 23.6 Å². The van der Waals surface area contributed by atoms with E-state index < -0.39 is 0 Å². The number of nitrogens with two attached hydrogens (primary N) is 1. The normalized spacial score (nSPS) is 11.9. The van der Waals surface area contributed by atoms with E-state index in [9.17, 15) is 0 Å². The van der Waals surface area contributed by atoms with Crippen LogP contribution in [0.4, 0.5) is 0 Å². The molecule has 0 saturated heterocycles. The van der Waals surface area contributed by atoms with Crippen molar-refractivity contribution < 1.29 is 4.74 Å². The number of aryl methyl sites for hydroxylation is 2. The standard InChI is InChI=1S/C10H19N3O/c1-7-8(6-10(2,3)11)9(14-5)13(4)12-7/h6,11H2,1-5H3. The van der Waals surface area contributed by atoms with Crippen LogP contribution >= 0.6 is 0 Å². The van der Waals surface area contributed by atoms with Gasteiger partial charge in [-0.3, -0.25) is 0 Å². The molecule has 0 aliphatic heterocycles. The first-order chi connectivity index (χ1) is 6.35. The van der Waals surface area contributed by atoms with Crippen LogP contribution in [0.2, 0.25) is 0 Å². The van der Waals surface area contributed by atoms with Gasteiger partial charge in [0.25, 0.3) is 0 Å². The van der Waals surface area contributed by atoms with E-state index in [1.807, 2.05) is 27.8 Å². The minimum atomic E-state index is -0.235. The van der Waals surface area contributed by atoms with Gasteiger partial charge in [-0.1, -0.05) is 0 Å². The van der Waals surface area contributed by atoms with Crippen molar-refractivity contribution in [2.75, 3.05) is 7.11 Å². The van der Waals surface area contributed by atoms with Gasteiger partial charge in [0.2, 0.25) is 5.88 Å². The molecule has 1 rings (SSSR count). The van der Waals surface area contributed by atoms with Crippen molar-refractivity contribution in [1.82, 2.24) is 9.78 Å². The summed E-state index contributed by atoms with van der Waals surface area (Å²) in [5.74, 6) is 0.807. The van der Waals surface area contributed by atoms with Crippen LogP contribution in [-0.2, 0) is 13.5 Å². The Bertz CT molecular complexity index is 323. The van der Waals surface area contributed by atoms with E-state index in [1.165, 1.54) is 0 Å². The van der Waals surface area contributed by atoms with Crippen molar-refractivity contribution >= 4 is 0 Å². The lowest BCUT2D eigenvalue weighted by Crippen LogP contribution is -2.34. The topological polar surface area (TPSA) is 53.1 Å². The van der Waals surface area contributed by atoms with Gasteiger partial charge in [-0.25, -0.2) is 4.68 Å². The number of rotatable bonds is 3. The summed E-state index contributed by atoms with van der Waals surface area (Å²) in [5, 5.41) is 4.30. The Balaban J connectivity index is 3.06. The largest absolute Gasteiger partial charge is 0.481 e. The fourth-order valence-electron chi connectivity index (χ4n) is 1.60. The molecule has 14 heavy (non-hydrogen) atoms. The molecule has 80 valence electrons. The average Bonchev–Trinajstić information content (AvgIpc) is 2.24. The zero-order valence-electron chi connectivity index (χ0n) is 9.59. The van der Waals surface area contributed by atoms with Crippen molar-refractivity contribution in [1.29, 1.82) is 0 Å². The van der Waals surface area contributed by atoms with E-state index in [-0.39, 0.29) is 5.54 Å². The van der Waals surface area contributed by atoms with Crippen molar-refractivity contribution in [2.45, 2.75) is 32.7 Å². The molecule has 0 fully saturated rings. The van der Waals surface area contributed by atoms with Crippen molar-refractivity contribution in [2.24, 2.45) is 12.8 Å². The number of aromatic nitrogens is 2. The lowest BCUT2D eigenvalue weighted by molar-refractivity contribution is 0.365. The summed E-state index contributed by atoms with van der Waals surface area (Å²) in [4.78, 5) is 0. The summed E-state index contributed by atoms with van der Waals surface area (Å²) in [6.45, 7) is 5.97. The third-order valence-electron chi connectivity index (χ3n) is 2.11. The molecule has 0 radical (unpaired) electrons. The van der Waals surface area contributed by atoms with Crippen LogP contribution in [-0.4, -0.2) is 22.4 Å². The fourth-order valence-corrected chi connectivity index (χ4v) is 1.60. The zero-order valence-corrected chi connectivity index (χ0v) is 9.59. The van der Waals surface area contributed by atoms with Crippen LogP contribution in [0.1, 0.15) is 25.1 Å². The maximum Gasteiger partial charge on any atom is 0.214 e. The molecule has 4 nitrogen and oxygen atoms in total. The van der Waals surface area contributed by atoms with Crippen molar-refractivity contribution in [3.05, 3.63) is 11.3 Å². The highest BCUT2D eigenvalue weighted by Crippen LogP contribution is 2.24.